The summed E-state index contributed by atoms with van der Waals surface area (Å²) in [6.07, 6.45) is 0.384. The maximum absolute atomic E-state index is 13.7. The first kappa shape index (κ1) is 28.0. The fourth-order valence-corrected chi connectivity index (χ4v) is 7.49. The molecule has 2 heterocycles. The number of carbonyl (C=O) groups excluding carboxylic acids is 2. The maximum atomic E-state index is 13.7. The molecule has 0 bridgehead atoms. The Kier molecular flexibility index (Phi) is 8.40. The molecule has 0 fully saturated rings. The quantitative estimate of drug-likeness (QED) is 0.267. The summed E-state index contributed by atoms with van der Waals surface area (Å²) in [4.78, 5) is 26.3. The topological polar surface area (TPSA) is 90.0 Å². The van der Waals surface area contributed by atoms with Crippen molar-refractivity contribution in [2.75, 3.05) is 13.7 Å². The van der Waals surface area contributed by atoms with Crippen LogP contribution in [0, 0.1) is 12.8 Å². The predicted molar refractivity (Wildman–Crippen MR) is 147 cm³/mol. The van der Waals surface area contributed by atoms with Crippen LogP contribution in [-0.4, -0.2) is 44.2 Å². The molecule has 38 heavy (non-hydrogen) atoms. The molecular weight excluding hydrogens is 522 g/mol. The van der Waals surface area contributed by atoms with Crippen LogP contribution in [-0.2, 0) is 26.1 Å². The summed E-state index contributed by atoms with van der Waals surface area (Å²) in [5.41, 5.74) is 2.64. The minimum absolute atomic E-state index is 0.0327. The average molecular weight is 556 g/mol. The molecule has 0 aliphatic carbocycles. The van der Waals surface area contributed by atoms with E-state index in [9.17, 15) is 18.0 Å². The molecule has 0 saturated carbocycles. The zero-order valence-corrected chi connectivity index (χ0v) is 23.9. The molecule has 1 aliphatic heterocycles. The number of nitrogens with zero attached hydrogens (tertiary/aromatic N) is 1. The zero-order valence-electron chi connectivity index (χ0n) is 22.3. The second-order valence-corrected chi connectivity index (χ2v) is 12.6. The van der Waals surface area contributed by atoms with Gasteiger partial charge in [0.05, 0.1) is 24.4 Å². The van der Waals surface area contributed by atoms with Crippen molar-refractivity contribution in [3.05, 3.63) is 81.0 Å². The van der Waals surface area contributed by atoms with E-state index in [2.05, 4.69) is 0 Å². The minimum Gasteiger partial charge on any atom is -0.488 e. The molecule has 1 aliphatic rings. The molecule has 1 aromatic heterocycles. The van der Waals surface area contributed by atoms with Crippen LogP contribution >= 0.6 is 11.3 Å². The molecule has 0 amide bonds. The number of carbonyl (C=O) groups is 2. The Labute approximate surface area is 228 Å². The minimum atomic E-state index is -3.80. The standard InChI is InChI=1S/C29H33NO6S2/c1-6-23-17-30(38(33,34)27-10-8-7-9-24(27)36-23)16-22-15-21(12-11-18(22)2)28(19(3)29(32)35-5)26-14-13-25(37-26)20(4)31/h7-15,19,23,28H,6,16-17H2,1-5H3/t19-,23-,28+/m1/s1. The Morgan fingerprint density at radius 2 is 1.89 bits per heavy atom. The molecule has 3 atom stereocenters. The van der Waals surface area contributed by atoms with Gasteiger partial charge in [0.25, 0.3) is 0 Å². The smallest absolute Gasteiger partial charge is 0.309 e. The first-order valence-corrected chi connectivity index (χ1v) is 14.9. The van der Waals surface area contributed by atoms with Crippen LogP contribution in [0.3, 0.4) is 0 Å². The van der Waals surface area contributed by atoms with Gasteiger partial charge in [0.15, 0.2) is 5.78 Å². The monoisotopic (exact) mass is 555 g/mol. The summed E-state index contributed by atoms with van der Waals surface area (Å²) in [5.74, 6) is -0.883. The average Bonchev–Trinajstić information content (AvgIpc) is 3.35. The molecule has 7 nitrogen and oxygen atoms in total. The number of fused-ring (bicyclic) bond motifs is 1. The van der Waals surface area contributed by atoms with Crippen LogP contribution in [0.5, 0.6) is 5.75 Å². The first-order valence-electron chi connectivity index (χ1n) is 12.6. The molecule has 9 heteroatoms. The van der Waals surface area contributed by atoms with Gasteiger partial charge in [-0.05, 0) is 61.2 Å². The summed E-state index contributed by atoms with van der Waals surface area (Å²) in [5, 5.41) is 0. The maximum Gasteiger partial charge on any atom is 0.309 e. The number of ether oxygens (including phenoxy) is 2. The number of rotatable bonds is 8. The fourth-order valence-electron chi connectivity index (χ4n) is 4.78. The number of para-hydroxylation sites is 1. The molecular formula is C29H33NO6S2. The van der Waals surface area contributed by atoms with E-state index in [4.69, 9.17) is 9.47 Å². The highest BCUT2D eigenvalue weighted by Gasteiger charge is 2.35. The van der Waals surface area contributed by atoms with Gasteiger partial charge in [-0.2, -0.15) is 4.31 Å². The van der Waals surface area contributed by atoms with Gasteiger partial charge >= 0.3 is 5.97 Å². The van der Waals surface area contributed by atoms with E-state index in [0.29, 0.717) is 17.0 Å². The Balaban J connectivity index is 1.76. The van der Waals surface area contributed by atoms with E-state index in [0.717, 1.165) is 21.6 Å². The van der Waals surface area contributed by atoms with Crippen LogP contribution in [0.25, 0.3) is 0 Å². The van der Waals surface area contributed by atoms with Crippen molar-refractivity contribution >= 4 is 33.1 Å². The van der Waals surface area contributed by atoms with Crippen LogP contribution in [0.2, 0.25) is 0 Å². The summed E-state index contributed by atoms with van der Waals surface area (Å²) >= 11 is 1.36. The lowest BCUT2D eigenvalue weighted by atomic mass is 9.84. The zero-order chi connectivity index (χ0) is 27.6. The second kappa shape index (κ2) is 11.4. The van der Waals surface area contributed by atoms with Crippen molar-refractivity contribution in [3.8, 4) is 5.75 Å². The molecule has 202 valence electrons. The SMILES string of the molecule is CC[C@@H]1CN(Cc2cc([C@@H](c3ccc(C(C)=O)s3)[C@@H](C)C(=O)OC)ccc2C)S(=O)(=O)c2ccccc2O1. The van der Waals surface area contributed by atoms with E-state index in [1.807, 2.05) is 45.0 Å². The number of hydrogen-bond donors (Lipinski definition) is 0. The number of thiophene rings is 1. The molecule has 0 N–H and O–H groups in total. The number of Topliss-reactive ketones (excluding diaryl/α,β-unsaturated/α-hetero) is 1. The van der Waals surface area contributed by atoms with Gasteiger partial charge in [-0.15, -0.1) is 11.3 Å². The fraction of sp³-hybridized carbons (Fsp3) is 0.379. The van der Waals surface area contributed by atoms with Crippen molar-refractivity contribution in [1.29, 1.82) is 0 Å². The molecule has 2 aromatic carbocycles. The largest absolute Gasteiger partial charge is 0.488 e. The molecule has 3 aromatic rings. The number of benzene rings is 2. The van der Waals surface area contributed by atoms with Crippen LogP contribution in [0.15, 0.2) is 59.5 Å². The number of esters is 1. The first-order chi connectivity index (χ1) is 18.1. The normalized spacial score (nSPS) is 18.5. The summed E-state index contributed by atoms with van der Waals surface area (Å²) < 4.78 is 40.0. The molecule has 0 saturated heterocycles. The summed E-state index contributed by atoms with van der Waals surface area (Å²) in [6.45, 7) is 7.64. The molecule has 4 rings (SSSR count). The third-order valence-corrected chi connectivity index (χ3v) is 10.2. The van der Waals surface area contributed by atoms with Gasteiger partial charge < -0.3 is 9.47 Å². The summed E-state index contributed by atoms with van der Waals surface area (Å²) in [7, 11) is -2.44. The number of hydrogen-bond acceptors (Lipinski definition) is 7. The van der Waals surface area contributed by atoms with E-state index in [-0.39, 0.29) is 41.8 Å². The molecule has 0 spiro atoms. The van der Waals surface area contributed by atoms with Crippen molar-refractivity contribution in [1.82, 2.24) is 4.31 Å². The number of methoxy groups -OCH3 is 1. The van der Waals surface area contributed by atoms with Crippen molar-refractivity contribution in [3.63, 3.8) is 0 Å². The summed E-state index contributed by atoms with van der Waals surface area (Å²) in [6, 6.07) is 16.3. The highest BCUT2D eigenvalue weighted by atomic mass is 32.2. The van der Waals surface area contributed by atoms with Crippen LogP contribution < -0.4 is 4.74 Å². The van der Waals surface area contributed by atoms with E-state index >= 15 is 0 Å². The van der Waals surface area contributed by atoms with Crippen LogP contribution in [0.4, 0.5) is 0 Å². The number of sulfonamides is 1. The Morgan fingerprint density at radius 3 is 2.55 bits per heavy atom. The molecule has 0 radical (unpaired) electrons. The Hall–Kier alpha value is -3.01. The lowest BCUT2D eigenvalue weighted by molar-refractivity contribution is -0.145. The van der Waals surface area contributed by atoms with Gasteiger partial charge in [-0.25, -0.2) is 8.42 Å². The highest BCUT2D eigenvalue weighted by molar-refractivity contribution is 7.89. The van der Waals surface area contributed by atoms with Crippen molar-refractivity contribution in [2.45, 2.75) is 57.6 Å². The van der Waals surface area contributed by atoms with Gasteiger partial charge in [0.2, 0.25) is 10.0 Å². The number of ketones is 1. The second-order valence-electron chi connectivity index (χ2n) is 9.63. The van der Waals surface area contributed by atoms with E-state index in [1.165, 1.54) is 29.7 Å². The van der Waals surface area contributed by atoms with Gasteiger partial charge in [0, 0.05) is 17.3 Å². The van der Waals surface area contributed by atoms with E-state index in [1.54, 1.807) is 30.3 Å². The van der Waals surface area contributed by atoms with E-state index < -0.39 is 15.9 Å². The van der Waals surface area contributed by atoms with Gasteiger partial charge in [0.1, 0.15) is 16.7 Å². The molecule has 0 unspecified atom stereocenters. The van der Waals surface area contributed by atoms with Gasteiger partial charge in [-0.3, -0.25) is 9.59 Å². The lowest BCUT2D eigenvalue weighted by Gasteiger charge is -2.25. The van der Waals surface area contributed by atoms with Crippen molar-refractivity contribution < 1.29 is 27.5 Å². The Morgan fingerprint density at radius 1 is 1.16 bits per heavy atom. The number of aryl methyl sites for hydroxylation is 1. The predicted octanol–water partition coefficient (Wildman–Crippen LogP) is 5.56. The van der Waals surface area contributed by atoms with Crippen molar-refractivity contribution in [2.24, 2.45) is 5.92 Å². The highest BCUT2D eigenvalue weighted by Crippen LogP contribution is 2.39. The van der Waals surface area contributed by atoms with Crippen LogP contribution in [0.1, 0.15) is 64.3 Å². The third kappa shape index (κ3) is 5.55. The van der Waals surface area contributed by atoms with Gasteiger partial charge in [-0.1, -0.05) is 44.2 Å². The third-order valence-electron chi connectivity index (χ3n) is 7.06. The lowest BCUT2D eigenvalue weighted by Crippen LogP contribution is -2.36. The Bertz CT molecular complexity index is 1440.